The molecule has 0 radical (unpaired) electrons. The van der Waals surface area contributed by atoms with Crippen LogP contribution in [0.5, 0.6) is 0 Å². The fraction of sp³-hybridized carbons (Fsp3) is 0.355. The van der Waals surface area contributed by atoms with Gasteiger partial charge in [-0.25, -0.2) is 10.0 Å². The van der Waals surface area contributed by atoms with E-state index in [-0.39, 0.29) is 0 Å². The van der Waals surface area contributed by atoms with Crippen LogP contribution in [-0.4, -0.2) is 13.1 Å². The number of para-hydroxylation sites is 3. The van der Waals surface area contributed by atoms with E-state index in [0.717, 1.165) is 13.1 Å². The number of unbranched alkanes of at least 4 members (excludes halogenated alkanes) is 4. The lowest BCUT2D eigenvalue weighted by Gasteiger charge is -2.40. The van der Waals surface area contributed by atoms with Crippen LogP contribution in [0.15, 0.2) is 84.7 Å². The van der Waals surface area contributed by atoms with E-state index in [1.807, 2.05) is 0 Å². The lowest BCUT2D eigenvalue weighted by atomic mass is 10.1. The van der Waals surface area contributed by atoms with E-state index < -0.39 is 0 Å². The van der Waals surface area contributed by atoms with E-state index in [1.54, 1.807) is 0 Å². The van der Waals surface area contributed by atoms with Gasteiger partial charge in [-0.05, 0) is 68.6 Å². The van der Waals surface area contributed by atoms with Crippen molar-refractivity contribution in [2.75, 3.05) is 28.2 Å². The number of nitrogens with zero attached hydrogens (tertiary/aromatic N) is 3. The van der Waals surface area contributed by atoms with Crippen LogP contribution in [0, 0.1) is 20.8 Å². The SMILES string of the molecule is CCCCCCCNCC1=CN(c2ccccc2C)N(c2ccccc2C)N1c1ccccc1C. The molecule has 4 nitrogen and oxygen atoms in total. The lowest BCUT2D eigenvalue weighted by Crippen LogP contribution is -2.48. The highest BCUT2D eigenvalue weighted by atomic mass is 15.9. The Kier molecular flexibility index (Phi) is 8.49. The molecule has 1 aliphatic heterocycles. The van der Waals surface area contributed by atoms with Crippen molar-refractivity contribution in [1.82, 2.24) is 5.32 Å². The average molecular weight is 469 g/mol. The largest absolute Gasteiger partial charge is 0.311 e. The number of rotatable bonds is 11. The van der Waals surface area contributed by atoms with E-state index in [9.17, 15) is 0 Å². The Morgan fingerprint density at radius 1 is 0.629 bits per heavy atom. The van der Waals surface area contributed by atoms with Gasteiger partial charge in [0.25, 0.3) is 0 Å². The Morgan fingerprint density at radius 2 is 1.17 bits per heavy atom. The Balaban J connectivity index is 1.71. The molecule has 1 heterocycles. The first-order chi connectivity index (χ1) is 17.1. The molecule has 0 aromatic heterocycles. The monoisotopic (exact) mass is 468 g/mol. The van der Waals surface area contributed by atoms with Crippen LogP contribution >= 0.6 is 0 Å². The fourth-order valence-electron chi connectivity index (χ4n) is 4.72. The predicted molar refractivity (Wildman–Crippen MR) is 151 cm³/mol. The Labute approximate surface area is 211 Å². The third-order valence-corrected chi connectivity index (χ3v) is 6.74. The molecule has 0 saturated carbocycles. The first-order valence-corrected chi connectivity index (χ1v) is 13.1. The highest BCUT2D eigenvalue weighted by molar-refractivity contribution is 5.76. The molecule has 0 fully saturated rings. The summed E-state index contributed by atoms with van der Waals surface area (Å²) in [6.45, 7) is 10.7. The average Bonchev–Trinajstić information content (AvgIpc) is 3.23. The van der Waals surface area contributed by atoms with E-state index in [0.29, 0.717) is 0 Å². The summed E-state index contributed by atoms with van der Waals surface area (Å²) >= 11 is 0. The summed E-state index contributed by atoms with van der Waals surface area (Å²) < 4.78 is 0. The van der Waals surface area contributed by atoms with Crippen molar-refractivity contribution in [2.45, 2.75) is 59.8 Å². The molecule has 35 heavy (non-hydrogen) atoms. The van der Waals surface area contributed by atoms with Gasteiger partial charge in [-0.15, -0.1) is 0 Å². The molecule has 184 valence electrons. The maximum atomic E-state index is 3.73. The number of aryl methyl sites for hydroxylation is 3. The molecule has 4 heteroatoms. The van der Waals surface area contributed by atoms with Crippen LogP contribution in [0.3, 0.4) is 0 Å². The van der Waals surface area contributed by atoms with Gasteiger partial charge in [0, 0.05) is 6.54 Å². The molecule has 0 unspecified atom stereocenters. The van der Waals surface area contributed by atoms with Crippen LogP contribution in [0.4, 0.5) is 17.1 Å². The van der Waals surface area contributed by atoms with E-state index in [2.05, 4.69) is 127 Å². The second-order valence-electron chi connectivity index (χ2n) is 9.52. The summed E-state index contributed by atoms with van der Waals surface area (Å²) in [7, 11) is 0. The second kappa shape index (κ2) is 11.9. The van der Waals surface area contributed by atoms with Crippen LogP contribution in [0.25, 0.3) is 0 Å². The molecule has 4 rings (SSSR count). The Morgan fingerprint density at radius 3 is 1.77 bits per heavy atom. The zero-order chi connectivity index (χ0) is 24.6. The quantitative estimate of drug-likeness (QED) is 0.291. The van der Waals surface area contributed by atoms with Crippen molar-refractivity contribution >= 4 is 17.1 Å². The van der Waals surface area contributed by atoms with Gasteiger partial charge < -0.3 is 5.32 Å². The maximum absolute atomic E-state index is 3.73. The zero-order valence-electron chi connectivity index (χ0n) is 21.8. The molecule has 0 bridgehead atoms. The van der Waals surface area contributed by atoms with Crippen molar-refractivity contribution in [1.29, 1.82) is 0 Å². The first-order valence-electron chi connectivity index (χ1n) is 13.1. The number of anilines is 3. The zero-order valence-corrected chi connectivity index (χ0v) is 21.8. The Hall–Kier alpha value is -3.24. The van der Waals surface area contributed by atoms with E-state index in [1.165, 1.54) is 71.6 Å². The summed E-state index contributed by atoms with van der Waals surface area (Å²) in [6.07, 6.45) is 8.77. The number of benzene rings is 3. The smallest absolute Gasteiger partial charge is 0.0853 e. The first kappa shape index (κ1) is 24.9. The highest BCUT2D eigenvalue weighted by Crippen LogP contribution is 2.39. The van der Waals surface area contributed by atoms with Gasteiger partial charge in [-0.2, -0.15) is 5.12 Å². The molecular formula is C31H40N4. The van der Waals surface area contributed by atoms with Gasteiger partial charge in [0.2, 0.25) is 0 Å². The van der Waals surface area contributed by atoms with Crippen molar-refractivity contribution in [3.63, 3.8) is 0 Å². The molecule has 0 amide bonds. The van der Waals surface area contributed by atoms with Gasteiger partial charge >= 0.3 is 0 Å². The number of hydrogen-bond donors (Lipinski definition) is 1. The van der Waals surface area contributed by atoms with E-state index >= 15 is 0 Å². The van der Waals surface area contributed by atoms with Crippen LogP contribution in [0.2, 0.25) is 0 Å². The summed E-state index contributed by atoms with van der Waals surface area (Å²) in [6, 6.07) is 25.9. The molecule has 1 N–H and O–H groups in total. The van der Waals surface area contributed by atoms with Crippen molar-refractivity contribution in [3.05, 3.63) is 101 Å². The van der Waals surface area contributed by atoms with Crippen LogP contribution in [0.1, 0.15) is 55.7 Å². The standard InChI is InChI=1S/C31H40N4/c1-5-6-7-8-15-22-32-23-28-24-33(29-19-12-9-16-25(29)2)35(31-21-14-11-18-27(31)4)34(28)30-20-13-10-17-26(30)3/h9-14,16-21,24,32H,5-8,15,22-23H2,1-4H3. The lowest BCUT2D eigenvalue weighted by molar-refractivity contribution is 0.594. The highest BCUT2D eigenvalue weighted by Gasteiger charge is 2.34. The third-order valence-electron chi connectivity index (χ3n) is 6.74. The predicted octanol–water partition coefficient (Wildman–Crippen LogP) is 7.68. The molecule has 3 aromatic rings. The second-order valence-corrected chi connectivity index (χ2v) is 9.52. The van der Waals surface area contributed by atoms with Gasteiger partial charge in [0.15, 0.2) is 0 Å². The molecule has 3 aromatic carbocycles. The minimum atomic E-state index is 0.812. The Bertz CT molecular complexity index is 1140. The number of nitrogens with one attached hydrogen (secondary N) is 1. The van der Waals surface area contributed by atoms with Gasteiger partial charge in [-0.3, -0.25) is 0 Å². The van der Waals surface area contributed by atoms with Crippen molar-refractivity contribution in [2.24, 2.45) is 0 Å². The van der Waals surface area contributed by atoms with Gasteiger partial charge in [-0.1, -0.05) is 87.2 Å². The summed E-state index contributed by atoms with van der Waals surface area (Å²) in [5, 5.41) is 10.8. The van der Waals surface area contributed by atoms with Crippen molar-refractivity contribution in [3.8, 4) is 0 Å². The summed E-state index contributed by atoms with van der Waals surface area (Å²) in [5.74, 6) is 0. The molecule has 0 saturated heterocycles. The third kappa shape index (κ3) is 5.71. The summed E-state index contributed by atoms with van der Waals surface area (Å²) in [4.78, 5) is 0. The molecular weight excluding hydrogens is 428 g/mol. The fourth-order valence-corrected chi connectivity index (χ4v) is 4.72. The van der Waals surface area contributed by atoms with Gasteiger partial charge in [0.1, 0.15) is 0 Å². The molecule has 0 spiro atoms. The van der Waals surface area contributed by atoms with Crippen molar-refractivity contribution < 1.29 is 0 Å². The van der Waals surface area contributed by atoms with E-state index in [4.69, 9.17) is 0 Å². The summed E-state index contributed by atoms with van der Waals surface area (Å²) in [5.41, 5.74) is 8.53. The molecule has 0 aliphatic carbocycles. The topological polar surface area (TPSA) is 21.8 Å². The number of hydrazine groups is 2. The minimum Gasteiger partial charge on any atom is -0.311 e. The number of hydrogen-bond acceptors (Lipinski definition) is 4. The molecule has 0 atom stereocenters. The van der Waals surface area contributed by atoms with Crippen LogP contribution in [-0.2, 0) is 0 Å². The van der Waals surface area contributed by atoms with Crippen LogP contribution < -0.4 is 20.5 Å². The normalized spacial score (nSPS) is 13.5. The molecule has 1 aliphatic rings. The van der Waals surface area contributed by atoms with Gasteiger partial charge in [0.05, 0.1) is 29.0 Å². The maximum Gasteiger partial charge on any atom is 0.0853 e. The minimum absolute atomic E-state index is 0.812.